The van der Waals surface area contributed by atoms with Crippen molar-refractivity contribution in [3.8, 4) is 5.75 Å². The summed E-state index contributed by atoms with van der Waals surface area (Å²) in [4.78, 5) is 36.1. The van der Waals surface area contributed by atoms with E-state index >= 15 is 0 Å². The Morgan fingerprint density at radius 1 is 0.917 bits per heavy atom. The first-order chi connectivity index (χ1) is 17.2. The van der Waals surface area contributed by atoms with Crippen molar-refractivity contribution in [2.24, 2.45) is 5.10 Å². The molecule has 36 heavy (non-hydrogen) atoms. The van der Waals surface area contributed by atoms with Crippen molar-refractivity contribution in [2.75, 3.05) is 11.9 Å². The van der Waals surface area contributed by atoms with E-state index in [9.17, 15) is 14.4 Å². The lowest BCUT2D eigenvalue weighted by atomic mass is 10.1. The lowest BCUT2D eigenvalue weighted by Gasteiger charge is -2.13. The van der Waals surface area contributed by atoms with Gasteiger partial charge >= 0.3 is 11.8 Å². The first-order valence-corrected chi connectivity index (χ1v) is 12.0. The van der Waals surface area contributed by atoms with Gasteiger partial charge in [-0.1, -0.05) is 45.8 Å². The predicted octanol–water partition coefficient (Wildman–Crippen LogP) is 4.16. The summed E-state index contributed by atoms with van der Waals surface area (Å²) in [5.41, 5.74) is 7.55. The SMILES string of the molecule is Cc1ccc(CNC(=O)C(=O)N/N=C\c2ccc(OCC(=O)Nc3c(C)cc(Br)cc3C)cc2)cc1. The molecule has 0 saturated heterocycles. The summed E-state index contributed by atoms with van der Waals surface area (Å²) in [5, 5.41) is 9.23. The van der Waals surface area contributed by atoms with Gasteiger partial charge in [-0.2, -0.15) is 5.10 Å². The minimum Gasteiger partial charge on any atom is -0.484 e. The molecule has 0 atom stereocenters. The van der Waals surface area contributed by atoms with Gasteiger partial charge in [0.1, 0.15) is 5.75 Å². The molecule has 0 saturated carbocycles. The van der Waals surface area contributed by atoms with Gasteiger partial charge in [-0.15, -0.1) is 0 Å². The molecule has 8 nitrogen and oxygen atoms in total. The van der Waals surface area contributed by atoms with Crippen LogP contribution in [0, 0.1) is 20.8 Å². The number of carbonyl (C=O) groups excluding carboxylic acids is 3. The highest BCUT2D eigenvalue weighted by Gasteiger charge is 2.12. The van der Waals surface area contributed by atoms with Crippen LogP contribution in [0.5, 0.6) is 5.75 Å². The van der Waals surface area contributed by atoms with Crippen LogP contribution in [0.4, 0.5) is 5.69 Å². The van der Waals surface area contributed by atoms with E-state index < -0.39 is 11.8 Å². The molecule has 0 aliphatic carbocycles. The summed E-state index contributed by atoms with van der Waals surface area (Å²) in [5.74, 6) is -1.40. The molecule has 0 spiro atoms. The first-order valence-electron chi connectivity index (χ1n) is 11.2. The van der Waals surface area contributed by atoms with Gasteiger partial charge in [-0.3, -0.25) is 14.4 Å². The number of amides is 3. The molecule has 0 unspecified atom stereocenters. The van der Waals surface area contributed by atoms with Gasteiger partial charge in [0.05, 0.1) is 6.21 Å². The van der Waals surface area contributed by atoms with Gasteiger partial charge in [-0.05, 0) is 79.4 Å². The number of rotatable bonds is 8. The number of benzene rings is 3. The van der Waals surface area contributed by atoms with Crippen LogP contribution in [0.25, 0.3) is 0 Å². The second-order valence-electron chi connectivity index (χ2n) is 8.19. The normalized spacial score (nSPS) is 10.7. The molecule has 3 rings (SSSR count). The average molecular weight is 551 g/mol. The Bertz CT molecular complexity index is 1250. The van der Waals surface area contributed by atoms with Crippen LogP contribution in [0.2, 0.25) is 0 Å². The molecule has 3 aromatic carbocycles. The number of hydrogen-bond acceptors (Lipinski definition) is 5. The van der Waals surface area contributed by atoms with E-state index in [1.807, 2.05) is 57.2 Å². The fourth-order valence-corrected chi connectivity index (χ4v) is 3.95. The zero-order chi connectivity index (χ0) is 26.1. The molecule has 0 aliphatic rings. The highest BCUT2D eigenvalue weighted by Crippen LogP contribution is 2.25. The van der Waals surface area contributed by atoms with Gasteiger partial charge in [0.15, 0.2) is 6.61 Å². The van der Waals surface area contributed by atoms with Gasteiger partial charge in [0.2, 0.25) is 0 Å². The molecule has 3 aromatic rings. The van der Waals surface area contributed by atoms with E-state index in [0.717, 1.165) is 32.4 Å². The smallest absolute Gasteiger partial charge is 0.329 e. The van der Waals surface area contributed by atoms with Crippen LogP contribution >= 0.6 is 15.9 Å². The summed E-state index contributed by atoms with van der Waals surface area (Å²) in [6, 6.07) is 18.3. The number of carbonyl (C=O) groups is 3. The largest absolute Gasteiger partial charge is 0.484 e. The monoisotopic (exact) mass is 550 g/mol. The zero-order valence-electron chi connectivity index (χ0n) is 20.2. The van der Waals surface area contributed by atoms with E-state index in [0.29, 0.717) is 11.3 Å². The lowest BCUT2D eigenvalue weighted by molar-refractivity contribution is -0.139. The predicted molar refractivity (Wildman–Crippen MR) is 143 cm³/mol. The Morgan fingerprint density at radius 2 is 1.56 bits per heavy atom. The van der Waals surface area contributed by atoms with Crippen molar-refractivity contribution in [1.29, 1.82) is 0 Å². The van der Waals surface area contributed by atoms with E-state index in [1.54, 1.807) is 24.3 Å². The fraction of sp³-hybridized carbons (Fsp3) is 0.185. The Morgan fingerprint density at radius 3 is 2.19 bits per heavy atom. The van der Waals surface area contributed by atoms with Gasteiger partial charge in [0.25, 0.3) is 5.91 Å². The molecule has 0 heterocycles. The maximum Gasteiger partial charge on any atom is 0.329 e. The second-order valence-corrected chi connectivity index (χ2v) is 9.10. The third kappa shape index (κ3) is 8.06. The van der Waals surface area contributed by atoms with Crippen molar-refractivity contribution in [2.45, 2.75) is 27.3 Å². The number of hydrogen-bond donors (Lipinski definition) is 3. The van der Waals surface area contributed by atoms with Gasteiger partial charge < -0.3 is 15.4 Å². The zero-order valence-corrected chi connectivity index (χ0v) is 21.8. The first kappa shape index (κ1) is 26.6. The number of nitrogens with zero attached hydrogens (tertiary/aromatic N) is 1. The maximum atomic E-state index is 12.3. The lowest BCUT2D eigenvalue weighted by Crippen LogP contribution is -2.37. The molecule has 0 aliphatic heterocycles. The van der Waals surface area contributed by atoms with E-state index in [-0.39, 0.29) is 19.1 Å². The summed E-state index contributed by atoms with van der Waals surface area (Å²) in [6.45, 7) is 5.93. The van der Waals surface area contributed by atoms with Crippen molar-refractivity contribution in [3.63, 3.8) is 0 Å². The van der Waals surface area contributed by atoms with Crippen molar-refractivity contribution < 1.29 is 19.1 Å². The number of aryl methyl sites for hydroxylation is 3. The minimum absolute atomic E-state index is 0.143. The average Bonchev–Trinajstić information content (AvgIpc) is 2.85. The molecular formula is C27H27BrN4O4. The summed E-state index contributed by atoms with van der Waals surface area (Å²) in [6.07, 6.45) is 1.40. The number of anilines is 1. The quantitative estimate of drug-likeness (QED) is 0.222. The number of halogens is 1. The Balaban J connectivity index is 1.42. The van der Waals surface area contributed by atoms with Crippen molar-refractivity contribution >= 4 is 45.6 Å². The van der Waals surface area contributed by atoms with E-state index in [2.05, 4.69) is 37.1 Å². The number of hydrazone groups is 1. The Kier molecular flexibility index (Phi) is 9.35. The maximum absolute atomic E-state index is 12.3. The Labute approximate surface area is 218 Å². The minimum atomic E-state index is -0.861. The summed E-state index contributed by atoms with van der Waals surface area (Å²) >= 11 is 3.44. The van der Waals surface area contributed by atoms with Gasteiger partial charge in [0, 0.05) is 16.7 Å². The van der Waals surface area contributed by atoms with Crippen LogP contribution < -0.4 is 20.8 Å². The molecule has 0 fully saturated rings. The Hall–Kier alpha value is -3.98. The van der Waals surface area contributed by atoms with Crippen molar-refractivity contribution in [3.05, 3.63) is 93.0 Å². The fourth-order valence-electron chi connectivity index (χ4n) is 3.27. The molecule has 0 aromatic heterocycles. The number of ether oxygens (including phenoxy) is 1. The topological polar surface area (TPSA) is 109 Å². The van der Waals surface area contributed by atoms with Crippen LogP contribution in [0.3, 0.4) is 0 Å². The molecule has 3 amide bonds. The molecule has 0 bridgehead atoms. The summed E-state index contributed by atoms with van der Waals surface area (Å²) < 4.78 is 6.51. The van der Waals surface area contributed by atoms with Crippen LogP contribution in [-0.2, 0) is 20.9 Å². The second kappa shape index (κ2) is 12.6. The van der Waals surface area contributed by atoms with Gasteiger partial charge in [-0.25, -0.2) is 5.43 Å². The van der Waals surface area contributed by atoms with Crippen LogP contribution in [0.15, 0.2) is 70.2 Å². The third-order valence-electron chi connectivity index (χ3n) is 5.17. The van der Waals surface area contributed by atoms with Crippen LogP contribution in [0.1, 0.15) is 27.8 Å². The molecule has 0 radical (unpaired) electrons. The molecule has 9 heteroatoms. The standard InChI is InChI=1S/C27H27BrN4O4/c1-17-4-6-20(7-5-17)14-29-26(34)27(35)32-30-15-21-8-10-23(11-9-21)36-16-24(33)31-25-18(2)12-22(28)13-19(25)3/h4-13,15H,14,16H2,1-3H3,(H,29,34)(H,31,33)(H,32,35)/b30-15-. The van der Waals surface area contributed by atoms with Crippen LogP contribution in [-0.4, -0.2) is 30.5 Å². The highest BCUT2D eigenvalue weighted by atomic mass is 79.9. The van der Waals surface area contributed by atoms with Crippen molar-refractivity contribution in [1.82, 2.24) is 10.7 Å². The third-order valence-corrected chi connectivity index (χ3v) is 5.63. The highest BCUT2D eigenvalue weighted by molar-refractivity contribution is 9.10. The summed E-state index contributed by atoms with van der Waals surface area (Å²) in [7, 11) is 0. The molecular weight excluding hydrogens is 524 g/mol. The molecule has 186 valence electrons. The molecule has 3 N–H and O–H groups in total. The van der Waals surface area contributed by atoms with E-state index in [4.69, 9.17) is 4.74 Å². The number of nitrogens with one attached hydrogen (secondary N) is 3. The van der Waals surface area contributed by atoms with E-state index in [1.165, 1.54) is 6.21 Å².